The number of aliphatic hydroxyl groups excluding tert-OH is 1. The Hall–Kier alpha value is -1.44. The van der Waals surface area contributed by atoms with Crippen molar-refractivity contribution in [1.29, 1.82) is 0 Å². The third-order valence-electron chi connectivity index (χ3n) is 8.72. The van der Waals surface area contributed by atoms with Crippen molar-refractivity contribution >= 4 is 11.9 Å². The number of rotatable bonds is 1. The molecule has 7 nitrogen and oxygen atoms in total. The number of ether oxygens (including phenoxy) is 3. The molecule has 2 bridgehead atoms. The summed E-state index contributed by atoms with van der Waals surface area (Å²) >= 11 is 0. The second-order valence-electron chi connectivity index (χ2n) is 9.48. The molecule has 0 spiro atoms. The van der Waals surface area contributed by atoms with Crippen LogP contribution in [0.3, 0.4) is 0 Å². The zero-order chi connectivity index (χ0) is 19.9. The third kappa shape index (κ3) is 2.05. The highest BCUT2D eigenvalue weighted by atomic mass is 16.7. The molecule has 5 rings (SSSR count). The van der Waals surface area contributed by atoms with Crippen molar-refractivity contribution in [3.63, 3.8) is 0 Å². The Bertz CT molecular complexity index is 762. The van der Waals surface area contributed by atoms with E-state index in [4.69, 9.17) is 14.2 Å². The maximum absolute atomic E-state index is 12.9. The number of carbonyl (C=O) groups is 2. The van der Waals surface area contributed by atoms with E-state index < -0.39 is 28.9 Å². The molecule has 0 aromatic carbocycles. The monoisotopic (exact) mass is 392 g/mol. The predicted molar refractivity (Wildman–Crippen MR) is 95.3 cm³/mol. The van der Waals surface area contributed by atoms with Crippen LogP contribution in [0.15, 0.2) is 11.6 Å². The van der Waals surface area contributed by atoms with E-state index in [9.17, 15) is 19.8 Å². The molecule has 28 heavy (non-hydrogen) atoms. The summed E-state index contributed by atoms with van der Waals surface area (Å²) < 4.78 is 16.3. The molecule has 8 atom stereocenters. The minimum Gasteiger partial charge on any atom is -0.469 e. The second kappa shape index (κ2) is 5.80. The lowest BCUT2D eigenvalue weighted by molar-refractivity contribution is -0.331. The Morgan fingerprint density at radius 2 is 2.11 bits per heavy atom. The van der Waals surface area contributed by atoms with Gasteiger partial charge in [-0.25, -0.2) is 4.79 Å². The highest BCUT2D eigenvalue weighted by Gasteiger charge is 2.71. The number of esters is 2. The number of hydrogen-bond acceptors (Lipinski definition) is 7. The first-order valence-electron chi connectivity index (χ1n) is 10.3. The molecule has 2 unspecified atom stereocenters. The van der Waals surface area contributed by atoms with Crippen LogP contribution in [0.2, 0.25) is 0 Å². The van der Waals surface area contributed by atoms with Crippen molar-refractivity contribution in [3.8, 4) is 0 Å². The molecule has 7 heteroatoms. The van der Waals surface area contributed by atoms with E-state index >= 15 is 0 Å². The highest BCUT2D eigenvalue weighted by molar-refractivity contribution is 5.86. The molecule has 3 aliphatic carbocycles. The number of methoxy groups -OCH3 is 1. The highest BCUT2D eigenvalue weighted by Crippen LogP contribution is 2.69. The standard InChI is InChI=1S/C21H28O7/c1-11-12-4-5-15-19(17(23)26-2)6-3-7-20(15,18(24)27-10-19)14(12)9-21(25)13(11)8-16(22)28-21/h8,11-12,14-15,18,24-25H,3-7,9-10H2,1-2H3/t11-,12+,14+,15+,18-,19?,20?,21-/m1/s1. The zero-order valence-electron chi connectivity index (χ0n) is 16.3. The van der Waals surface area contributed by atoms with Gasteiger partial charge in [0.05, 0.1) is 19.1 Å². The molecular formula is C21H28O7. The van der Waals surface area contributed by atoms with Crippen LogP contribution >= 0.6 is 0 Å². The first kappa shape index (κ1) is 18.6. The van der Waals surface area contributed by atoms with E-state index in [1.807, 2.05) is 6.92 Å². The Balaban J connectivity index is 1.61. The van der Waals surface area contributed by atoms with E-state index in [2.05, 4.69) is 0 Å². The number of carbonyl (C=O) groups excluding carboxylic acids is 2. The summed E-state index contributed by atoms with van der Waals surface area (Å²) in [6, 6.07) is 0. The molecule has 2 N–H and O–H groups in total. The molecule has 0 amide bonds. The topological polar surface area (TPSA) is 102 Å². The molecule has 154 valence electrons. The van der Waals surface area contributed by atoms with Gasteiger partial charge >= 0.3 is 11.9 Å². The van der Waals surface area contributed by atoms with Crippen LogP contribution in [0.1, 0.15) is 45.4 Å². The van der Waals surface area contributed by atoms with Gasteiger partial charge in [0, 0.05) is 23.5 Å². The maximum Gasteiger partial charge on any atom is 0.333 e. The molecule has 1 saturated heterocycles. The van der Waals surface area contributed by atoms with E-state index in [0.29, 0.717) is 12.0 Å². The zero-order valence-corrected chi connectivity index (χ0v) is 16.3. The molecule has 5 aliphatic rings. The Labute approximate surface area is 164 Å². The van der Waals surface area contributed by atoms with Crippen molar-refractivity contribution in [2.24, 2.45) is 34.5 Å². The fourth-order valence-electron chi connectivity index (χ4n) is 7.67. The minimum atomic E-state index is -1.61. The van der Waals surface area contributed by atoms with Gasteiger partial charge in [-0.05, 0) is 49.4 Å². The molecule has 0 aromatic heterocycles. The molecule has 2 heterocycles. The van der Waals surface area contributed by atoms with Gasteiger partial charge < -0.3 is 24.4 Å². The number of hydrogen-bond donors (Lipinski definition) is 2. The average Bonchev–Trinajstić information content (AvgIpc) is 2.98. The summed E-state index contributed by atoms with van der Waals surface area (Å²) in [5.74, 6) is -2.39. The van der Waals surface area contributed by atoms with Gasteiger partial charge in [-0.15, -0.1) is 0 Å². The van der Waals surface area contributed by atoms with Gasteiger partial charge in [-0.2, -0.15) is 0 Å². The van der Waals surface area contributed by atoms with Crippen LogP contribution in [0.4, 0.5) is 0 Å². The van der Waals surface area contributed by atoms with Crippen molar-refractivity contribution in [2.75, 3.05) is 13.7 Å². The first-order chi connectivity index (χ1) is 13.3. The Morgan fingerprint density at radius 1 is 1.32 bits per heavy atom. The average molecular weight is 392 g/mol. The van der Waals surface area contributed by atoms with Gasteiger partial charge in [0.1, 0.15) is 0 Å². The van der Waals surface area contributed by atoms with Gasteiger partial charge in [0.2, 0.25) is 5.79 Å². The first-order valence-corrected chi connectivity index (χ1v) is 10.3. The van der Waals surface area contributed by atoms with E-state index in [-0.39, 0.29) is 42.7 Å². The van der Waals surface area contributed by atoms with Gasteiger partial charge in [-0.3, -0.25) is 4.79 Å². The molecule has 0 aromatic rings. The number of aliphatic hydroxyl groups is 2. The van der Waals surface area contributed by atoms with Crippen molar-refractivity contribution in [2.45, 2.75) is 57.5 Å². The Morgan fingerprint density at radius 3 is 2.86 bits per heavy atom. The predicted octanol–water partition coefficient (Wildman–Crippen LogP) is 1.52. The van der Waals surface area contributed by atoms with Crippen LogP contribution < -0.4 is 0 Å². The summed E-state index contributed by atoms with van der Waals surface area (Å²) in [6.07, 6.45) is 4.58. The van der Waals surface area contributed by atoms with Crippen LogP contribution in [-0.4, -0.2) is 47.9 Å². The fourth-order valence-corrected chi connectivity index (χ4v) is 7.67. The second-order valence-corrected chi connectivity index (χ2v) is 9.48. The third-order valence-corrected chi connectivity index (χ3v) is 8.72. The Kier molecular flexibility index (Phi) is 3.85. The lowest BCUT2D eigenvalue weighted by Gasteiger charge is -2.67. The smallest absolute Gasteiger partial charge is 0.333 e. The number of fused-ring (bicyclic) bond motifs is 2. The maximum atomic E-state index is 12.9. The summed E-state index contributed by atoms with van der Waals surface area (Å²) in [4.78, 5) is 24.8. The van der Waals surface area contributed by atoms with Crippen molar-refractivity contribution in [3.05, 3.63) is 11.6 Å². The van der Waals surface area contributed by atoms with Crippen LogP contribution in [0.5, 0.6) is 0 Å². The lowest BCUT2D eigenvalue weighted by Crippen LogP contribution is -2.69. The molecule has 2 aliphatic heterocycles. The summed E-state index contributed by atoms with van der Waals surface area (Å²) in [6.45, 7) is 2.20. The normalized spacial score (nSPS) is 51.9. The summed E-state index contributed by atoms with van der Waals surface area (Å²) in [5, 5.41) is 22.3. The quantitative estimate of drug-likeness (QED) is 0.652. The summed E-state index contributed by atoms with van der Waals surface area (Å²) in [7, 11) is 1.41. The van der Waals surface area contributed by atoms with E-state index in [1.165, 1.54) is 13.2 Å². The van der Waals surface area contributed by atoms with Crippen molar-refractivity contribution in [1.82, 2.24) is 0 Å². The van der Waals surface area contributed by atoms with E-state index in [1.54, 1.807) is 0 Å². The van der Waals surface area contributed by atoms with Gasteiger partial charge in [0.15, 0.2) is 6.29 Å². The van der Waals surface area contributed by atoms with Gasteiger partial charge in [0.25, 0.3) is 0 Å². The van der Waals surface area contributed by atoms with E-state index in [0.717, 1.165) is 25.7 Å². The largest absolute Gasteiger partial charge is 0.469 e. The molecule has 0 radical (unpaired) electrons. The van der Waals surface area contributed by atoms with Crippen LogP contribution in [0.25, 0.3) is 0 Å². The summed E-state index contributed by atoms with van der Waals surface area (Å²) in [5.41, 5.74) is -0.737. The minimum absolute atomic E-state index is 0.0332. The van der Waals surface area contributed by atoms with Crippen LogP contribution in [-0.2, 0) is 23.8 Å². The van der Waals surface area contributed by atoms with Crippen molar-refractivity contribution < 1.29 is 34.0 Å². The fraction of sp³-hybridized carbons (Fsp3) is 0.810. The molecular weight excluding hydrogens is 364 g/mol. The lowest BCUT2D eigenvalue weighted by atomic mass is 9.40. The SMILES string of the molecule is COC(=O)C12CCCC3([C@H](O)OC1)[C@H]1C[C@@]4(O)OC(=O)C=C4[C@H](C)[C@@H]1CC[C@@H]23. The van der Waals surface area contributed by atoms with Gasteiger partial charge in [-0.1, -0.05) is 13.3 Å². The molecule has 4 fully saturated rings. The van der Waals surface area contributed by atoms with Crippen LogP contribution in [0, 0.1) is 34.5 Å². The molecule has 3 saturated carbocycles.